The maximum atomic E-state index is 12.5. The number of hydrogen-bond donors (Lipinski definition) is 1. The van der Waals surface area contributed by atoms with Gasteiger partial charge in [0, 0.05) is 13.0 Å². The lowest BCUT2D eigenvalue weighted by molar-refractivity contribution is 0.362. The van der Waals surface area contributed by atoms with Gasteiger partial charge in [-0.1, -0.05) is 42.5 Å². The highest BCUT2D eigenvalue weighted by molar-refractivity contribution is 5.85. The van der Waals surface area contributed by atoms with Crippen LogP contribution in [0.1, 0.15) is 31.2 Å². The number of piperidine rings is 1. The molecular formula is C19H28Cl2N4O. The zero-order valence-corrected chi connectivity index (χ0v) is 16.8. The summed E-state index contributed by atoms with van der Waals surface area (Å²) in [6.07, 6.45) is 7.26. The van der Waals surface area contributed by atoms with E-state index in [1.165, 1.54) is 12.8 Å². The Morgan fingerprint density at radius 2 is 1.88 bits per heavy atom. The fourth-order valence-corrected chi connectivity index (χ4v) is 3.27. The third kappa shape index (κ3) is 5.73. The molecule has 0 unspecified atom stereocenters. The molecule has 1 N–H and O–H groups in total. The van der Waals surface area contributed by atoms with Crippen LogP contribution in [0.2, 0.25) is 0 Å². The van der Waals surface area contributed by atoms with Crippen molar-refractivity contribution < 1.29 is 0 Å². The standard InChI is InChI=1S/C19H26N4O.2ClH/c1-2-22-18(15-17-10-12-20-13-11-17)21-23(19(22)24)14-6-9-16-7-4-3-5-8-16;;/h3-9,17,20H,2,10-15H2,1H3;2*1H. The molecule has 1 aromatic carbocycles. The van der Waals surface area contributed by atoms with E-state index in [1.807, 2.05) is 54.0 Å². The molecule has 0 amide bonds. The average molecular weight is 399 g/mol. The summed E-state index contributed by atoms with van der Waals surface area (Å²) >= 11 is 0. The predicted molar refractivity (Wildman–Crippen MR) is 111 cm³/mol. The summed E-state index contributed by atoms with van der Waals surface area (Å²) in [5.74, 6) is 1.56. The molecule has 1 aromatic heterocycles. The van der Waals surface area contributed by atoms with Gasteiger partial charge < -0.3 is 5.32 Å². The molecule has 1 saturated heterocycles. The Balaban J connectivity index is 0.00000169. The van der Waals surface area contributed by atoms with Gasteiger partial charge >= 0.3 is 5.69 Å². The molecule has 26 heavy (non-hydrogen) atoms. The topological polar surface area (TPSA) is 51.9 Å². The third-order valence-corrected chi connectivity index (χ3v) is 4.63. The molecule has 0 aliphatic carbocycles. The van der Waals surface area contributed by atoms with Crippen molar-refractivity contribution in [3.05, 3.63) is 58.3 Å². The van der Waals surface area contributed by atoms with Gasteiger partial charge in [0.2, 0.25) is 0 Å². The Morgan fingerprint density at radius 3 is 2.54 bits per heavy atom. The van der Waals surface area contributed by atoms with E-state index in [4.69, 9.17) is 0 Å². The van der Waals surface area contributed by atoms with Gasteiger partial charge in [-0.2, -0.15) is 5.10 Å². The smallest absolute Gasteiger partial charge is 0.317 e. The lowest BCUT2D eigenvalue weighted by Crippen LogP contribution is -2.30. The van der Waals surface area contributed by atoms with E-state index >= 15 is 0 Å². The van der Waals surface area contributed by atoms with Crippen molar-refractivity contribution in [2.75, 3.05) is 13.1 Å². The number of nitrogens with one attached hydrogen (secondary N) is 1. The first-order valence-electron chi connectivity index (χ1n) is 8.86. The Morgan fingerprint density at radius 1 is 1.19 bits per heavy atom. The lowest BCUT2D eigenvalue weighted by atomic mass is 9.94. The van der Waals surface area contributed by atoms with Crippen LogP contribution < -0.4 is 11.0 Å². The molecule has 3 rings (SSSR count). The number of halogens is 2. The van der Waals surface area contributed by atoms with Gasteiger partial charge in [0.25, 0.3) is 0 Å². The molecule has 2 heterocycles. The Kier molecular flexibility index (Phi) is 9.70. The summed E-state index contributed by atoms with van der Waals surface area (Å²) in [5, 5.41) is 7.99. The zero-order valence-electron chi connectivity index (χ0n) is 15.1. The molecule has 0 spiro atoms. The van der Waals surface area contributed by atoms with E-state index in [0.717, 1.165) is 30.9 Å². The maximum absolute atomic E-state index is 12.5. The first-order valence-corrected chi connectivity index (χ1v) is 8.86. The normalized spacial score (nSPS) is 14.8. The van der Waals surface area contributed by atoms with Gasteiger partial charge in [0.05, 0.1) is 6.54 Å². The van der Waals surface area contributed by atoms with Crippen LogP contribution >= 0.6 is 24.8 Å². The molecule has 2 aromatic rings. The van der Waals surface area contributed by atoms with E-state index in [-0.39, 0.29) is 30.5 Å². The number of benzene rings is 1. The van der Waals surface area contributed by atoms with Crippen LogP contribution in [0.15, 0.2) is 41.2 Å². The molecule has 0 atom stereocenters. The minimum atomic E-state index is -0.000791. The second kappa shape index (κ2) is 11.2. The van der Waals surface area contributed by atoms with Crippen molar-refractivity contribution in [2.45, 2.75) is 39.3 Å². The second-order valence-corrected chi connectivity index (χ2v) is 6.34. The zero-order chi connectivity index (χ0) is 16.8. The van der Waals surface area contributed by atoms with Crippen molar-refractivity contribution in [2.24, 2.45) is 5.92 Å². The molecule has 5 nitrogen and oxygen atoms in total. The number of allylic oxidation sites excluding steroid dienone is 1. The molecule has 7 heteroatoms. The van der Waals surface area contributed by atoms with Gasteiger partial charge in [-0.05, 0) is 44.3 Å². The van der Waals surface area contributed by atoms with Crippen LogP contribution in [-0.2, 0) is 19.5 Å². The van der Waals surface area contributed by atoms with Crippen molar-refractivity contribution in [3.63, 3.8) is 0 Å². The Hall–Kier alpha value is -1.56. The molecule has 144 valence electrons. The van der Waals surface area contributed by atoms with E-state index in [1.54, 1.807) is 4.68 Å². The largest absolute Gasteiger partial charge is 0.346 e. The van der Waals surface area contributed by atoms with Crippen molar-refractivity contribution in [1.82, 2.24) is 19.7 Å². The SMILES string of the molecule is CCn1c(CC2CCNCC2)nn(CC=Cc2ccccc2)c1=O.Cl.Cl. The highest BCUT2D eigenvalue weighted by Crippen LogP contribution is 2.16. The minimum Gasteiger partial charge on any atom is -0.317 e. The van der Waals surface area contributed by atoms with Gasteiger partial charge in [0.15, 0.2) is 0 Å². The van der Waals surface area contributed by atoms with E-state index < -0.39 is 0 Å². The third-order valence-electron chi connectivity index (χ3n) is 4.63. The van der Waals surface area contributed by atoms with E-state index in [0.29, 0.717) is 19.0 Å². The molecule has 1 fully saturated rings. The number of hydrogen-bond acceptors (Lipinski definition) is 3. The first kappa shape index (κ1) is 22.5. The summed E-state index contributed by atoms with van der Waals surface area (Å²) in [4.78, 5) is 12.5. The van der Waals surface area contributed by atoms with Crippen molar-refractivity contribution in [3.8, 4) is 0 Å². The molecule has 0 radical (unpaired) electrons. The van der Waals surface area contributed by atoms with Crippen LogP contribution in [-0.4, -0.2) is 27.4 Å². The van der Waals surface area contributed by atoms with Gasteiger partial charge in [-0.3, -0.25) is 4.57 Å². The second-order valence-electron chi connectivity index (χ2n) is 6.34. The monoisotopic (exact) mass is 398 g/mol. The number of rotatable bonds is 6. The first-order chi connectivity index (χ1) is 11.8. The minimum absolute atomic E-state index is 0. The van der Waals surface area contributed by atoms with E-state index in [2.05, 4.69) is 10.4 Å². The summed E-state index contributed by atoms with van der Waals surface area (Å²) in [6.45, 7) is 5.35. The highest BCUT2D eigenvalue weighted by Gasteiger charge is 2.18. The maximum Gasteiger partial charge on any atom is 0.346 e. The van der Waals surface area contributed by atoms with Crippen LogP contribution in [0.5, 0.6) is 0 Å². The van der Waals surface area contributed by atoms with Gasteiger partial charge in [-0.15, -0.1) is 24.8 Å². The van der Waals surface area contributed by atoms with Crippen molar-refractivity contribution in [1.29, 1.82) is 0 Å². The molecule has 0 bridgehead atoms. The fraction of sp³-hybridized carbons (Fsp3) is 0.474. The predicted octanol–water partition coefficient (Wildman–Crippen LogP) is 3.16. The highest BCUT2D eigenvalue weighted by atomic mass is 35.5. The molecular weight excluding hydrogens is 371 g/mol. The summed E-state index contributed by atoms with van der Waals surface area (Å²) in [7, 11) is 0. The Bertz CT molecular complexity index is 734. The summed E-state index contributed by atoms with van der Waals surface area (Å²) in [6, 6.07) is 10.1. The average Bonchev–Trinajstić information content (AvgIpc) is 2.91. The molecule has 0 saturated carbocycles. The summed E-state index contributed by atoms with van der Waals surface area (Å²) < 4.78 is 3.40. The van der Waals surface area contributed by atoms with Crippen LogP contribution in [0, 0.1) is 5.92 Å². The lowest BCUT2D eigenvalue weighted by Gasteiger charge is -2.21. The van der Waals surface area contributed by atoms with Gasteiger partial charge in [-0.25, -0.2) is 9.48 Å². The Labute approximate surface area is 167 Å². The molecule has 1 aliphatic rings. The fourth-order valence-electron chi connectivity index (χ4n) is 3.27. The van der Waals surface area contributed by atoms with E-state index in [9.17, 15) is 4.79 Å². The van der Waals surface area contributed by atoms with Crippen LogP contribution in [0.4, 0.5) is 0 Å². The number of aromatic nitrogens is 3. The number of nitrogens with zero attached hydrogens (tertiary/aromatic N) is 3. The molecule has 1 aliphatic heterocycles. The quantitative estimate of drug-likeness (QED) is 0.812. The summed E-state index contributed by atoms with van der Waals surface area (Å²) in [5.41, 5.74) is 1.13. The van der Waals surface area contributed by atoms with Crippen LogP contribution in [0.3, 0.4) is 0 Å². The van der Waals surface area contributed by atoms with Crippen LogP contribution in [0.25, 0.3) is 6.08 Å². The van der Waals surface area contributed by atoms with Crippen molar-refractivity contribution >= 4 is 30.9 Å². The van der Waals surface area contributed by atoms with Gasteiger partial charge in [0.1, 0.15) is 5.82 Å².